The van der Waals surface area contributed by atoms with Gasteiger partial charge in [-0.2, -0.15) is 5.10 Å². The first-order chi connectivity index (χ1) is 10.1. The molecule has 1 heterocycles. The number of nitro groups is 1. The molecule has 21 heavy (non-hydrogen) atoms. The predicted octanol–water partition coefficient (Wildman–Crippen LogP) is 1.26. The minimum atomic E-state index is -0.511. The number of aromatic nitrogens is 2. The van der Waals surface area contributed by atoms with Crippen molar-refractivity contribution >= 4 is 17.3 Å². The van der Waals surface area contributed by atoms with Crippen molar-refractivity contribution in [2.45, 2.75) is 6.54 Å². The number of amides is 1. The zero-order valence-electron chi connectivity index (χ0n) is 11.4. The van der Waals surface area contributed by atoms with Crippen molar-refractivity contribution in [1.29, 1.82) is 0 Å². The number of anilines is 1. The first-order valence-corrected chi connectivity index (χ1v) is 6.33. The molecule has 0 aliphatic rings. The molecule has 0 radical (unpaired) electrons. The molecule has 0 fully saturated rings. The molecule has 1 aromatic heterocycles. The summed E-state index contributed by atoms with van der Waals surface area (Å²) in [6, 6.07) is 6.14. The van der Waals surface area contributed by atoms with E-state index in [1.54, 1.807) is 23.0 Å². The first kappa shape index (κ1) is 14.5. The standard InChI is InChI=1S/C13H15N5O3/c1-14-13(19)10-3-4-11(12(9-10)18(20)21)15-6-8-17-7-2-5-16-17/h2-5,7,9,15H,6,8H2,1H3,(H,14,19). The van der Waals surface area contributed by atoms with Gasteiger partial charge >= 0.3 is 0 Å². The number of nitro benzene ring substituents is 1. The van der Waals surface area contributed by atoms with E-state index >= 15 is 0 Å². The van der Waals surface area contributed by atoms with E-state index in [1.807, 2.05) is 6.20 Å². The van der Waals surface area contributed by atoms with Gasteiger partial charge in [0.05, 0.1) is 11.5 Å². The smallest absolute Gasteiger partial charge is 0.293 e. The van der Waals surface area contributed by atoms with Gasteiger partial charge in [0.25, 0.3) is 11.6 Å². The van der Waals surface area contributed by atoms with Gasteiger partial charge in [0.15, 0.2) is 0 Å². The molecule has 1 amide bonds. The Bertz CT molecular complexity index is 639. The average Bonchev–Trinajstić information content (AvgIpc) is 2.99. The van der Waals surface area contributed by atoms with Crippen LogP contribution in [0.1, 0.15) is 10.4 Å². The van der Waals surface area contributed by atoms with E-state index in [1.165, 1.54) is 19.2 Å². The summed E-state index contributed by atoms with van der Waals surface area (Å²) >= 11 is 0. The summed E-state index contributed by atoms with van der Waals surface area (Å²) in [5, 5.41) is 20.6. The third kappa shape index (κ3) is 3.56. The summed E-state index contributed by atoms with van der Waals surface area (Å²) in [4.78, 5) is 22.1. The van der Waals surface area contributed by atoms with Gasteiger partial charge in [-0.3, -0.25) is 19.6 Å². The predicted molar refractivity (Wildman–Crippen MR) is 77.2 cm³/mol. The van der Waals surface area contributed by atoms with Gasteiger partial charge in [0, 0.05) is 37.6 Å². The maximum atomic E-state index is 11.5. The van der Waals surface area contributed by atoms with Crippen molar-refractivity contribution in [2.24, 2.45) is 0 Å². The molecule has 0 saturated heterocycles. The van der Waals surface area contributed by atoms with Crippen LogP contribution in [0.15, 0.2) is 36.7 Å². The monoisotopic (exact) mass is 289 g/mol. The Morgan fingerprint density at radius 1 is 1.48 bits per heavy atom. The minimum absolute atomic E-state index is 0.128. The highest BCUT2D eigenvalue weighted by molar-refractivity contribution is 5.95. The molecule has 0 saturated carbocycles. The van der Waals surface area contributed by atoms with E-state index in [0.717, 1.165) is 0 Å². The normalized spacial score (nSPS) is 10.1. The van der Waals surface area contributed by atoms with Crippen LogP contribution in [-0.4, -0.2) is 34.2 Å². The lowest BCUT2D eigenvalue weighted by atomic mass is 10.1. The molecule has 0 spiro atoms. The van der Waals surface area contributed by atoms with Gasteiger partial charge in [0.2, 0.25) is 0 Å². The van der Waals surface area contributed by atoms with Crippen LogP contribution in [0, 0.1) is 10.1 Å². The number of hydrogen-bond donors (Lipinski definition) is 2. The number of nitrogens with zero attached hydrogens (tertiary/aromatic N) is 3. The number of rotatable bonds is 6. The van der Waals surface area contributed by atoms with Gasteiger partial charge in [-0.15, -0.1) is 0 Å². The summed E-state index contributed by atoms with van der Waals surface area (Å²) in [5.74, 6) is -0.360. The van der Waals surface area contributed by atoms with Crippen LogP contribution in [0.5, 0.6) is 0 Å². The van der Waals surface area contributed by atoms with Gasteiger partial charge < -0.3 is 10.6 Å². The number of hydrogen-bond acceptors (Lipinski definition) is 5. The fourth-order valence-electron chi connectivity index (χ4n) is 1.86. The topological polar surface area (TPSA) is 102 Å². The van der Waals surface area contributed by atoms with E-state index in [0.29, 0.717) is 18.8 Å². The van der Waals surface area contributed by atoms with Crippen molar-refractivity contribution < 1.29 is 9.72 Å². The van der Waals surface area contributed by atoms with Crippen molar-refractivity contribution in [3.05, 3.63) is 52.3 Å². The molecule has 110 valence electrons. The Morgan fingerprint density at radius 3 is 2.90 bits per heavy atom. The molecule has 8 nitrogen and oxygen atoms in total. The SMILES string of the molecule is CNC(=O)c1ccc(NCCn2cccn2)c([N+](=O)[O-])c1. The highest BCUT2D eigenvalue weighted by Crippen LogP contribution is 2.25. The third-order valence-electron chi connectivity index (χ3n) is 2.90. The summed E-state index contributed by atoms with van der Waals surface area (Å²) in [7, 11) is 1.48. The third-order valence-corrected chi connectivity index (χ3v) is 2.90. The van der Waals surface area contributed by atoms with E-state index < -0.39 is 4.92 Å². The van der Waals surface area contributed by atoms with Gasteiger partial charge in [0.1, 0.15) is 5.69 Å². The van der Waals surface area contributed by atoms with Gasteiger partial charge in [-0.05, 0) is 18.2 Å². The van der Waals surface area contributed by atoms with Crippen LogP contribution in [0.25, 0.3) is 0 Å². The Hall–Kier alpha value is -2.90. The fourth-order valence-corrected chi connectivity index (χ4v) is 1.86. The van der Waals surface area contributed by atoms with Crippen molar-refractivity contribution in [1.82, 2.24) is 15.1 Å². The minimum Gasteiger partial charge on any atom is -0.378 e. The summed E-state index contributed by atoms with van der Waals surface area (Å²) in [6.07, 6.45) is 3.48. The molecule has 0 bridgehead atoms. The number of carbonyl (C=O) groups excluding carboxylic acids is 1. The summed E-state index contributed by atoms with van der Waals surface area (Å²) in [5.41, 5.74) is 0.498. The molecule has 2 N–H and O–H groups in total. The number of carbonyl (C=O) groups is 1. The van der Waals surface area contributed by atoms with Crippen LogP contribution in [0.3, 0.4) is 0 Å². The molecule has 0 atom stereocenters. The zero-order chi connectivity index (χ0) is 15.2. The molecular weight excluding hydrogens is 274 g/mol. The highest BCUT2D eigenvalue weighted by atomic mass is 16.6. The Kier molecular flexibility index (Phi) is 4.50. The van der Waals surface area contributed by atoms with Crippen LogP contribution < -0.4 is 10.6 Å². The molecule has 2 aromatic rings. The van der Waals surface area contributed by atoms with Crippen LogP contribution in [0.4, 0.5) is 11.4 Å². The lowest BCUT2D eigenvalue weighted by Crippen LogP contribution is -2.18. The summed E-state index contributed by atoms with van der Waals surface area (Å²) < 4.78 is 1.72. The Balaban J connectivity index is 2.11. The largest absolute Gasteiger partial charge is 0.378 e. The molecule has 1 aromatic carbocycles. The van der Waals surface area contributed by atoms with Crippen LogP contribution in [-0.2, 0) is 6.54 Å². The average molecular weight is 289 g/mol. The Morgan fingerprint density at radius 2 is 2.29 bits per heavy atom. The highest BCUT2D eigenvalue weighted by Gasteiger charge is 2.16. The molecule has 0 aliphatic carbocycles. The van der Waals surface area contributed by atoms with Crippen molar-refractivity contribution in [2.75, 3.05) is 18.9 Å². The van der Waals surface area contributed by atoms with Crippen LogP contribution >= 0.6 is 0 Å². The fraction of sp³-hybridized carbons (Fsp3) is 0.231. The van der Waals surface area contributed by atoms with Gasteiger partial charge in [-0.1, -0.05) is 0 Å². The van der Waals surface area contributed by atoms with Crippen molar-refractivity contribution in [3.63, 3.8) is 0 Å². The van der Waals surface area contributed by atoms with E-state index in [4.69, 9.17) is 0 Å². The van der Waals surface area contributed by atoms with Crippen molar-refractivity contribution in [3.8, 4) is 0 Å². The first-order valence-electron chi connectivity index (χ1n) is 6.33. The zero-order valence-corrected chi connectivity index (χ0v) is 11.4. The lowest BCUT2D eigenvalue weighted by molar-refractivity contribution is -0.384. The summed E-state index contributed by atoms with van der Waals surface area (Å²) in [6.45, 7) is 1.07. The lowest BCUT2D eigenvalue weighted by Gasteiger charge is -2.08. The quantitative estimate of drug-likeness (QED) is 0.615. The second-order valence-electron chi connectivity index (χ2n) is 4.26. The van der Waals surface area contributed by atoms with E-state index in [2.05, 4.69) is 15.7 Å². The van der Waals surface area contributed by atoms with E-state index in [9.17, 15) is 14.9 Å². The molecule has 2 rings (SSSR count). The molecular formula is C13H15N5O3. The molecule has 8 heteroatoms. The van der Waals surface area contributed by atoms with Gasteiger partial charge in [-0.25, -0.2) is 0 Å². The maximum absolute atomic E-state index is 11.5. The number of nitrogens with one attached hydrogen (secondary N) is 2. The van der Waals surface area contributed by atoms with Crippen LogP contribution in [0.2, 0.25) is 0 Å². The van der Waals surface area contributed by atoms with E-state index in [-0.39, 0.29) is 17.2 Å². The Labute approximate surface area is 120 Å². The maximum Gasteiger partial charge on any atom is 0.293 e. The second-order valence-corrected chi connectivity index (χ2v) is 4.26. The number of benzene rings is 1. The second kappa shape index (κ2) is 6.51. The molecule has 0 unspecified atom stereocenters. The molecule has 0 aliphatic heterocycles.